The molecule has 1 unspecified atom stereocenters. The molecular weight excluding hydrogens is 432 g/mol. The second-order valence-corrected chi connectivity index (χ2v) is 7.98. The van der Waals surface area contributed by atoms with Crippen molar-refractivity contribution in [2.24, 2.45) is 5.92 Å². The topological polar surface area (TPSA) is 98.4 Å². The number of methoxy groups -OCH3 is 1. The summed E-state index contributed by atoms with van der Waals surface area (Å²) >= 11 is 0. The first-order valence-corrected chi connectivity index (χ1v) is 11.0. The number of hydrogen-bond acceptors (Lipinski definition) is 6. The van der Waals surface area contributed by atoms with Crippen LogP contribution in [0.25, 0.3) is 11.1 Å². The standard InChI is InChI=1S/C26H24N4O4/c1-32-22-6-8-24-18(11-22)10-19(15-33-24)26(31)30-23-7-5-17(20-13-28-29-14-20)12-25(23)34-16-21-4-2-3-9-27-21/h2-9,11-14,19H,10,15-16H2,1H3,(H,28,29)(H,30,31). The van der Waals surface area contributed by atoms with Crippen LogP contribution in [0.5, 0.6) is 17.2 Å². The van der Waals surface area contributed by atoms with E-state index in [2.05, 4.69) is 20.5 Å². The molecule has 0 aliphatic carbocycles. The van der Waals surface area contributed by atoms with Crippen molar-refractivity contribution in [3.05, 3.63) is 84.4 Å². The summed E-state index contributed by atoms with van der Waals surface area (Å²) in [5, 5.41) is 9.86. The lowest BCUT2D eigenvalue weighted by molar-refractivity contribution is -0.121. The van der Waals surface area contributed by atoms with Crippen LogP contribution in [0.1, 0.15) is 11.3 Å². The van der Waals surface area contributed by atoms with Gasteiger partial charge in [0.15, 0.2) is 0 Å². The van der Waals surface area contributed by atoms with Gasteiger partial charge in [0.05, 0.1) is 30.6 Å². The van der Waals surface area contributed by atoms with E-state index < -0.39 is 0 Å². The van der Waals surface area contributed by atoms with Crippen LogP contribution >= 0.6 is 0 Å². The molecule has 2 aromatic heterocycles. The van der Waals surface area contributed by atoms with Crippen molar-refractivity contribution < 1.29 is 19.0 Å². The van der Waals surface area contributed by atoms with Crippen molar-refractivity contribution in [1.29, 1.82) is 0 Å². The number of amides is 1. The lowest BCUT2D eigenvalue weighted by Gasteiger charge is -2.25. The Morgan fingerprint density at radius 2 is 2.12 bits per heavy atom. The number of aromatic nitrogens is 3. The van der Waals surface area contributed by atoms with E-state index in [-0.39, 0.29) is 18.4 Å². The van der Waals surface area contributed by atoms with Gasteiger partial charge in [0, 0.05) is 18.0 Å². The van der Waals surface area contributed by atoms with E-state index in [0.717, 1.165) is 33.9 Å². The highest BCUT2D eigenvalue weighted by Crippen LogP contribution is 2.34. The molecule has 172 valence electrons. The van der Waals surface area contributed by atoms with Crippen LogP contribution < -0.4 is 19.5 Å². The molecule has 1 aliphatic heterocycles. The van der Waals surface area contributed by atoms with Gasteiger partial charge in [-0.2, -0.15) is 5.10 Å². The zero-order valence-corrected chi connectivity index (χ0v) is 18.7. The Hall–Kier alpha value is -4.33. The molecule has 8 nitrogen and oxygen atoms in total. The molecule has 1 amide bonds. The number of fused-ring (bicyclic) bond motifs is 1. The van der Waals surface area contributed by atoms with Crippen LogP contribution in [0.3, 0.4) is 0 Å². The second kappa shape index (κ2) is 9.66. The molecule has 1 atom stereocenters. The number of hydrogen-bond donors (Lipinski definition) is 2. The van der Waals surface area contributed by atoms with Gasteiger partial charge in [0.1, 0.15) is 30.5 Å². The third kappa shape index (κ3) is 4.71. The van der Waals surface area contributed by atoms with Gasteiger partial charge in [-0.1, -0.05) is 12.1 Å². The quantitative estimate of drug-likeness (QED) is 0.431. The molecule has 0 radical (unpaired) electrons. The maximum atomic E-state index is 13.2. The van der Waals surface area contributed by atoms with E-state index in [0.29, 0.717) is 24.5 Å². The molecule has 5 rings (SSSR count). The van der Waals surface area contributed by atoms with Crippen molar-refractivity contribution in [3.63, 3.8) is 0 Å². The first-order valence-electron chi connectivity index (χ1n) is 11.0. The molecule has 0 spiro atoms. The first kappa shape index (κ1) is 21.5. The summed E-state index contributed by atoms with van der Waals surface area (Å²) in [6.07, 6.45) is 5.83. The van der Waals surface area contributed by atoms with E-state index in [1.807, 2.05) is 54.6 Å². The highest BCUT2D eigenvalue weighted by molar-refractivity contribution is 5.95. The molecule has 3 heterocycles. The fraction of sp³-hybridized carbons (Fsp3) is 0.192. The molecular formula is C26H24N4O4. The summed E-state index contributed by atoms with van der Waals surface area (Å²) in [5.74, 6) is 1.61. The van der Waals surface area contributed by atoms with Crippen molar-refractivity contribution in [1.82, 2.24) is 15.2 Å². The Labute approximate surface area is 196 Å². The van der Waals surface area contributed by atoms with Crippen LogP contribution in [0.15, 0.2) is 73.2 Å². The maximum absolute atomic E-state index is 13.2. The predicted molar refractivity (Wildman–Crippen MR) is 127 cm³/mol. The lowest BCUT2D eigenvalue weighted by Crippen LogP contribution is -2.32. The smallest absolute Gasteiger partial charge is 0.231 e. The largest absolute Gasteiger partial charge is 0.497 e. The number of aromatic amines is 1. The highest BCUT2D eigenvalue weighted by atomic mass is 16.5. The van der Waals surface area contributed by atoms with E-state index in [1.165, 1.54) is 0 Å². The SMILES string of the molecule is COc1ccc2c(c1)CC(C(=O)Nc1ccc(-c3cn[nH]c3)cc1OCc1ccccn1)CO2. The Balaban J connectivity index is 1.36. The van der Waals surface area contributed by atoms with Gasteiger partial charge in [-0.3, -0.25) is 14.9 Å². The fourth-order valence-electron chi connectivity index (χ4n) is 3.87. The van der Waals surface area contributed by atoms with Crippen LogP contribution in [0.4, 0.5) is 5.69 Å². The predicted octanol–water partition coefficient (Wildman–Crippen LogP) is 4.25. The molecule has 0 saturated heterocycles. The van der Waals surface area contributed by atoms with Gasteiger partial charge in [-0.05, 0) is 60.0 Å². The molecule has 34 heavy (non-hydrogen) atoms. The highest BCUT2D eigenvalue weighted by Gasteiger charge is 2.27. The average Bonchev–Trinajstić information content (AvgIpc) is 3.43. The summed E-state index contributed by atoms with van der Waals surface area (Å²) in [5.41, 5.74) is 4.17. The Morgan fingerprint density at radius 3 is 2.91 bits per heavy atom. The zero-order valence-electron chi connectivity index (χ0n) is 18.7. The Bertz CT molecular complexity index is 1280. The van der Waals surface area contributed by atoms with Gasteiger partial charge in [0.25, 0.3) is 0 Å². The first-order chi connectivity index (χ1) is 16.7. The van der Waals surface area contributed by atoms with E-state index >= 15 is 0 Å². The number of H-pyrrole nitrogens is 1. The molecule has 2 aromatic carbocycles. The Kier molecular flexibility index (Phi) is 6.11. The number of benzene rings is 2. The molecule has 0 saturated carbocycles. The molecule has 1 aliphatic rings. The van der Waals surface area contributed by atoms with Crippen LogP contribution in [0.2, 0.25) is 0 Å². The summed E-state index contributed by atoms with van der Waals surface area (Å²) in [4.78, 5) is 17.5. The minimum atomic E-state index is -0.336. The summed E-state index contributed by atoms with van der Waals surface area (Å²) < 4.78 is 17.2. The molecule has 2 N–H and O–H groups in total. The number of rotatable bonds is 7. The minimum absolute atomic E-state index is 0.132. The van der Waals surface area contributed by atoms with Gasteiger partial charge >= 0.3 is 0 Å². The summed E-state index contributed by atoms with van der Waals surface area (Å²) in [6.45, 7) is 0.584. The number of ether oxygens (including phenoxy) is 3. The van der Waals surface area contributed by atoms with Crippen molar-refractivity contribution >= 4 is 11.6 Å². The molecule has 4 aromatic rings. The van der Waals surface area contributed by atoms with Crippen molar-refractivity contribution in [3.8, 4) is 28.4 Å². The third-order valence-electron chi connectivity index (χ3n) is 5.72. The van der Waals surface area contributed by atoms with E-state index in [4.69, 9.17) is 14.2 Å². The molecule has 8 heteroatoms. The van der Waals surface area contributed by atoms with E-state index in [9.17, 15) is 4.79 Å². The normalized spacial score (nSPS) is 14.6. The van der Waals surface area contributed by atoms with Gasteiger partial charge < -0.3 is 19.5 Å². The molecule has 0 fully saturated rings. The fourth-order valence-corrected chi connectivity index (χ4v) is 3.87. The number of carbonyl (C=O) groups excluding carboxylic acids is 1. The summed E-state index contributed by atoms with van der Waals surface area (Å²) in [7, 11) is 1.62. The van der Waals surface area contributed by atoms with Crippen molar-refractivity contribution in [2.45, 2.75) is 13.0 Å². The van der Waals surface area contributed by atoms with E-state index in [1.54, 1.807) is 25.7 Å². The van der Waals surface area contributed by atoms with Crippen LogP contribution in [-0.4, -0.2) is 34.8 Å². The van der Waals surface area contributed by atoms with Gasteiger partial charge in [0.2, 0.25) is 5.91 Å². The average molecular weight is 457 g/mol. The zero-order chi connectivity index (χ0) is 23.3. The number of carbonyl (C=O) groups is 1. The third-order valence-corrected chi connectivity index (χ3v) is 5.72. The number of pyridine rings is 1. The van der Waals surface area contributed by atoms with Crippen LogP contribution in [0, 0.1) is 5.92 Å². The Morgan fingerprint density at radius 1 is 1.18 bits per heavy atom. The molecule has 0 bridgehead atoms. The summed E-state index contributed by atoms with van der Waals surface area (Å²) in [6, 6.07) is 17.0. The van der Waals surface area contributed by atoms with Gasteiger partial charge in [-0.25, -0.2) is 0 Å². The number of nitrogens with zero attached hydrogens (tertiary/aromatic N) is 2. The maximum Gasteiger partial charge on any atom is 0.231 e. The van der Waals surface area contributed by atoms with Crippen LogP contribution in [-0.2, 0) is 17.8 Å². The minimum Gasteiger partial charge on any atom is -0.497 e. The lowest BCUT2D eigenvalue weighted by atomic mass is 9.95. The van der Waals surface area contributed by atoms with Crippen molar-refractivity contribution in [2.75, 3.05) is 19.0 Å². The van der Waals surface area contributed by atoms with Gasteiger partial charge in [-0.15, -0.1) is 0 Å². The number of nitrogens with one attached hydrogen (secondary N) is 2. The second-order valence-electron chi connectivity index (χ2n) is 7.98. The monoisotopic (exact) mass is 456 g/mol. The number of anilines is 1.